The van der Waals surface area contributed by atoms with E-state index in [0.29, 0.717) is 35.9 Å². The number of alkyl halides is 3. The minimum absolute atomic E-state index is 0.421. The van der Waals surface area contributed by atoms with Crippen molar-refractivity contribution in [3.63, 3.8) is 0 Å². The van der Waals surface area contributed by atoms with Crippen molar-refractivity contribution in [3.05, 3.63) is 53.1 Å². The number of aliphatic imine (C=N–C) groups is 1. The van der Waals surface area contributed by atoms with Crippen molar-refractivity contribution in [2.75, 3.05) is 11.4 Å². The van der Waals surface area contributed by atoms with E-state index in [4.69, 9.17) is 22.1 Å². The highest BCUT2D eigenvalue weighted by atomic mass is 35.5. The molecule has 2 aliphatic rings. The van der Waals surface area contributed by atoms with Crippen LogP contribution in [-0.4, -0.2) is 24.6 Å². The maximum atomic E-state index is 13.0. The molecule has 2 heterocycles. The van der Waals surface area contributed by atoms with E-state index in [1.807, 2.05) is 23.1 Å². The van der Waals surface area contributed by atoms with Crippen LogP contribution in [0.3, 0.4) is 0 Å². The summed E-state index contributed by atoms with van der Waals surface area (Å²) in [6, 6.07) is 11.5. The van der Waals surface area contributed by atoms with Crippen LogP contribution < -0.4 is 15.4 Å². The van der Waals surface area contributed by atoms with Gasteiger partial charge in [-0.2, -0.15) is 13.2 Å². The molecule has 0 amide bonds. The van der Waals surface area contributed by atoms with Crippen molar-refractivity contribution in [2.45, 2.75) is 31.1 Å². The van der Waals surface area contributed by atoms with Gasteiger partial charge in [0.05, 0.1) is 17.8 Å². The minimum atomic E-state index is -4.65. The van der Waals surface area contributed by atoms with Gasteiger partial charge in [0.2, 0.25) is 5.84 Å². The van der Waals surface area contributed by atoms with Gasteiger partial charge in [0.25, 0.3) is 0 Å². The van der Waals surface area contributed by atoms with Crippen LogP contribution in [0.2, 0.25) is 5.02 Å². The molecule has 4 rings (SSSR count). The molecule has 0 aromatic heterocycles. The fourth-order valence-corrected chi connectivity index (χ4v) is 3.91. The predicted molar refractivity (Wildman–Crippen MR) is 98.8 cm³/mol. The monoisotopic (exact) mass is 395 g/mol. The summed E-state index contributed by atoms with van der Waals surface area (Å²) in [5, 5.41) is 0.530. The molecule has 0 spiro atoms. The zero-order valence-electron chi connectivity index (χ0n) is 14.2. The summed E-state index contributed by atoms with van der Waals surface area (Å²) >= 11 is 6.17. The van der Waals surface area contributed by atoms with E-state index in [1.165, 1.54) is 0 Å². The van der Waals surface area contributed by atoms with Gasteiger partial charge in [-0.05, 0) is 37.1 Å². The predicted octanol–water partition coefficient (Wildman–Crippen LogP) is 5.08. The first-order valence-corrected chi connectivity index (χ1v) is 8.96. The summed E-state index contributed by atoms with van der Waals surface area (Å²) in [4.78, 5) is 5.89. The molecule has 2 aliphatic heterocycles. The number of fused-ring (bicyclic) bond motifs is 5. The van der Waals surface area contributed by atoms with Crippen LogP contribution in [0.4, 0.5) is 18.9 Å². The minimum Gasteiger partial charge on any atom is -0.455 e. The first-order valence-electron chi connectivity index (χ1n) is 8.58. The molecule has 2 atom stereocenters. The van der Waals surface area contributed by atoms with Gasteiger partial charge < -0.3 is 15.4 Å². The molecule has 2 N–H and O–H groups in total. The Hall–Kier alpha value is -2.41. The van der Waals surface area contributed by atoms with Gasteiger partial charge in [0.15, 0.2) is 5.75 Å². The molecular weight excluding hydrogens is 379 g/mol. The topological polar surface area (TPSA) is 50.8 Å². The number of hydrogen-bond donors (Lipinski definition) is 1. The highest BCUT2D eigenvalue weighted by Gasteiger charge is 2.40. The Morgan fingerprint density at radius 3 is 2.74 bits per heavy atom. The van der Waals surface area contributed by atoms with Crippen LogP contribution in [0, 0.1) is 0 Å². The van der Waals surface area contributed by atoms with E-state index in [1.54, 1.807) is 24.3 Å². The number of hydrogen-bond acceptors (Lipinski definition) is 3. The number of anilines is 1. The average Bonchev–Trinajstić information content (AvgIpc) is 2.76. The molecule has 142 valence electrons. The van der Waals surface area contributed by atoms with E-state index in [9.17, 15) is 13.2 Å². The second-order valence-electron chi connectivity index (χ2n) is 6.61. The fraction of sp³-hybridized carbons (Fsp3) is 0.316. The molecule has 27 heavy (non-hydrogen) atoms. The lowest BCUT2D eigenvalue weighted by Gasteiger charge is -2.40. The fourth-order valence-electron chi connectivity index (χ4n) is 3.75. The lowest BCUT2D eigenvalue weighted by atomic mass is 9.90. The molecule has 4 nitrogen and oxygen atoms in total. The van der Waals surface area contributed by atoms with Crippen molar-refractivity contribution in [1.29, 1.82) is 0 Å². The van der Waals surface area contributed by atoms with E-state index >= 15 is 0 Å². The lowest BCUT2D eigenvalue weighted by molar-refractivity contribution is -0.0603. The Labute approximate surface area is 159 Å². The third kappa shape index (κ3) is 3.32. The average molecular weight is 396 g/mol. The van der Waals surface area contributed by atoms with Crippen LogP contribution in [0.5, 0.6) is 11.5 Å². The van der Waals surface area contributed by atoms with Crippen molar-refractivity contribution in [2.24, 2.45) is 10.7 Å². The van der Waals surface area contributed by atoms with Crippen molar-refractivity contribution < 1.29 is 17.9 Å². The Morgan fingerprint density at radius 2 is 1.96 bits per heavy atom. The van der Waals surface area contributed by atoms with Crippen LogP contribution in [0.1, 0.15) is 24.4 Å². The number of piperidine rings is 1. The molecule has 1 fully saturated rings. The number of amidine groups is 1. The van der Waals surface area contributed by atoms with Gasteiger partial charge in [0, 0.05) is 17.1 Å². The summed E-state index contributed by atoms with van der Waals surface area (Å²) in [5.41, 5.74) is 6.77. The Morgan fingerprint density at radius 1 is 1.19 bits per heavy atom. The summed E-state index contributed by atoms with van der Waals surface area (Å²) < 4.78 is 45.0. The molecule has 2 aromatic carbocycles. The van der Waals surface area contributed by atoms with Gasteiger partial charge in [-0.15, -0.1) is 0 Å². The summed E-state index contributed by atoms with van der Waals surface area (Å²) in [6.45, 7) is 0.660. The molecular formula is C19H17ClF3N3O. The Bertz CT molecular complexity index is 900. The summed E-state index contributed by atoms with van der Waals surface area (Å²) in [7, 11) is 0. The van der Waals surface area contributed by atoms with Crippen molar-refractivity contribution >= 4 is 23.1 Å². The largest absolute Gasteiger partial charge is 0.455 e. The van der Waals surface area contributed by atoms with Crippen LogP contribution >= 0.6 is 11.6 Å². The number of para-hydroxylation sites is 1. The molecule has 0 aliphatic carbocycles. The highest BCUT2D eigenvalue weighted by molar-refractivity contribution is 6.31. The number of nitrogens with two attached hydrogens (primary N) is 1. The first kappa shape index (κ1) is 18.0. The lowest BCUT2D eigenvalue weighted by Crippen LogP contribution is -2.43. The first-order chi connectivity index (χ1) is 12.8. The SMILES string of the molecule is NC(=N[C@H]1CCCN2c3cc(Cl)ccc3Oc3ccccc3[C@H]12)C(F)(F)F. The summed E-state index contributed by atoms with van der Waals surface area (Å²) in [5.74, 6) is -0.0904. The normalized spacial score (nSPS) is 22.2. The van der Waals surface area contributed by atoms with E-state index in [2.05, 4.69) is 4.99 Å². The van der Waals surface area contributed by atoms with E-state index in [-0.39, 0.29) is 0 Å². The van der Waals surface area contributed by atoms with Crippen LogP contribution in [0.25, 0.3) is 0 Å². The molecule has 8 heteroatoms. The highest BCUT2D eigenvalue weighted by Crippen LogP contribution is 2.48. The maximum Gasteiger partial charge on any atom is 0.448 e. The van der Waals surface area contributed by atoms with Gasteiger partial charge in [-0.3, -0.25) is 4.99 Å². The van der Waals surface area contributed by atoms with Crippen molar-refractivity contribution in [3.8, 4) is 11.5 Å². The number of halogens is 4. The number of nitrogens with zero attached hydrogens (tertiary/aromatic N) is 2. The van der Waals surface area contributed by atoms with Crippen LogP contribution in [0.15, 0.2) is 47.5 Å². The second-order valence-corrected chi connectivity index (χ2v) is 7.05. The molecule has 2 aromatic rings. The van der Waals surface area contributed by atoms with Gasteiger partial charge in [-0.25, -0.2) is 0 Å². The standard InChI is InChI=1S/C19H17ClF3N3O/c20-11-7-8-16-14(10-11)26-9-3-5-13(25-18(24)19(21,22)23)17(26)12-4-1-2-6-15(12)27-16/h1-2,4,6-8,10,13,17H,3,5,9H2,(H2,24,25)/t13-,17+/m0/s1. The molecule has 0 unspecified atom stereocenters. The molecule has 1 saturated heterocycles. The number of ether oxygens (including phenoxy) is 1. The maximum absolute atomic E-state index is 13.0. The van der Waals surface area contributed by atoms with E-state index < -0.39 is 24.1 Å². The van der Waals surface area contributed by atoms with Gasteiger partial charge in [0.1, 0.15) is 5.75 Å². The molecule has 0 bridgehead atoms. The molecule has 0 radical (unpaired) electrons. The summed E-state index contributed by atoms with van der Waals surface area (Å²) in [6.07, 6.45) is -3.46. The van der Waals surface area contributed by atoms with Crippen molar-refractivity contribution in [1.82, 2.24) is 0 Å². The number of rotatable bonds is 1. The smallest absolute Gasteiger partial charge is 0.448 e. The quantitative estimate of drug-likeness (QED) is 0.541. The van der Waals surface area contributed by atoms with E-state index in [0.717, 1.165) is 11.3 Å². The van der Waals surface area contributed by atoms with Crippen LogP contribution in [-0.2, 0) is 0 Å². The third-order valence-corrected chi connectivity index (χ3v) is 5.12. The Kier molecular flexibility index (Phi) is 4.42. The third-order valence-electron chi connectivity index (χ3n) is 4.88. The number of benzene rings is 2. The second kappa shape index (κ2) is 6.64. The zero-order valence-corrected chi connectivity index (χ0v) is 15.0. The zero-order chi connectivity index (χ0) is 19.2. The Balaban J connectivity index is 1.87. The van der Waals surface area contributed by atoms with Gasteiger partial charge >= 0.3 is 6.18 Å². The molecule has 0 saturated carbocycles. The van der Waals surface area contributed by atoms with Gasteiger partial charge in [-0.1, -0.05) is 29.8 Å².